The van der Waals surface area contributed by atoms with Crippen LogP contribution < -0.4 is 24.3 Å². The Hall–Kier alpha value is -3.01. The molecule has 0 aromatic heterocycles. The van der Waals surface area contributed by atoms with Crippen LogP contribution in [-0.2, 0) is 20.7 Å². The zero-order valence-electron chi connectivity index (χ0n) is 20.5. The van der Waals surface area contributed by atoms with E-state index in [0.29, 0.717) is 35.2 Å². The molecule has 35 heavy (non-hydrogen) atoms. The standard InChI is InChI=1S/C26H33NO8/c1-27-11-5-6-12-34-18-13-20(32-3)22-21(14-18)35-25(16-7-9-17(31-2)10-8-16)15-19(24(29)33-4)23(28)26(22,25)30/h7-10,13-14,19,23,27-28,30H,5-6,11-12,15H2,1-4H3/t19?,23?,25-,26+/m1/s1. The lowest BCUT2D eigenvalue weighted by molar-refractivity contribution is -0.160. The maximum Gasteiger partial charge on any atom is 0.311 e. The number of carbonyl (C=O) groups excluding carboxylic acids is 1. The number of ether oxygens (including phenoxy) is 5. The third-order valence-electron chi connectivity index (χ3n) is 7.01. The number of carbonyl (C=O) groups is 1. The summed E-state index contributed by atoms with van der Waals surface area (Å²) in [6.45, 7) is 1.40. The molecule has 0 amide bonds. The largest absolute Gasteiger partial charge is 0.497 e. The lowest BCUT2D eigenvalue weighted by Crippen LogP contribution is -2.50. The average Bonchev–Trinajstić information content (AvgIpc) is 3.27. The maximum absolute atomic E-state index is 12.6. The van der Waals surface area contributed by atoms with Gasteiger partial charge in [0, 0.05) is 18.6 Å². The molecule has 0 saturated heterocycles. The Balaban J connectivity index is 1.79. The van der Waals surface area contributed by atoms with Gasteiger partial charge >= 0.3 is 5.97 Å². The van der Waals surface area contributed by atoms with Gasteiger partial charge in [0.1, 0.15) is 29.1 Å². The summed E-state index contributed by atoms with van der Waals surface area (Å²) in [6.07, 6.45) is 0.332. The van der Waals surface area contributed by atoms with Crippen LogP contribution in [0.5, 0.6) is 23.0 Å². The molecule has 1 saturated carbocycles. The SMILES string of the molecule is CNCCCCOc1cc(OC)c2c(c1)O[C@@]1(c3ccc(OC)cc3)CC(C(=O)OC)C(O)[C@@]21O. The van der Waals surface area contributed by atoms with E-state index in [1.165, 1.54) is 14.2 Å². The first-order chi connectivity index (χ1) is 16.9. The molecule has 1 heterocycles. The van der Waals surface area contributed by atoms with Gasteiger partial charge in [-0.2, -0.15) is 0 Å². The van der Waals surface area contributed by atoms with E-state index in [-0.39, 0.29) is 12.0 Å². The molecule has 4 atom stereocenters. The molecular formula is C26H33NO8. The van der Waals surface area contributed by atoms with Gasteiger partial charge in [-0.05, 0) is 44.1 Å². The molecule has 0 spiro atoms. The fourth-order valence-electron chi connectivity index (χ4n) is 5.24. The van der Waals surface area contributed by atoms with E-state index < -0.39 is 29.2 Å². The Labute approximate surface area is 204 Å². The number of hydrogen-bond donors (Lipinski definition) is 3. The van der Waals surface area contributed by atoms with Gasteiger partial charge < -0.3 is 39.2 Å². The number of unbranched alkanes of at least 4 members (excludes halogenated alkanes) is 1. The topological polar surface area (TPSA) is 116 Å². The maximum atomic E-state index is 12.6. The van der Waals surface area contributed by atoms with Crippen LogP contribution in [0.15, 0.2) is 36.4 Å². The zero-order valence-corrected chi connectivity index (χ0v) is 20.5. The molecule has 9 nitrogen and oxygen atoms in total. The Morgan fingerprint density at radius 1 is 1.11 bits per heavy atom. The monoisotopic (exact) mass is 487 g/mol. The summed E-state index contributed by atoms with van der Waals surface area (Å²) < 4.78 is 28.2. The van der Waals surface area contributed by atoms with E-state index >= 15 is 0 Å². The van der Waals surface area contributed by atoms with Gasteiger partial charge in [0.05, 0.1) is 39.4 Å². The normalized spacial score (nSPS) is 26.5. The number of fused-ring (bicyclic) bond motifs is 3. The van der Waals surface area contributed by atoms with Gasteiger partial charge in [0.2, 0.25) is 0 Å². The lowest BCUT2D eigenvalue weighted by atomic mass is 9.76. The first-order valence-electron chi connectivity index (χ1n) is 11.7. The minimum atomic E-state index is -1.98. The van der Waals surface area contributed by atoms with Crippen molar-refractivity contribution in [1.82, 2.24) is 5.32 Å². The number of aliphatic hydroxyl groups excluding tert-OH is 1. The van der Waals surface area contributed by atoms with E-state index in [9.17, 15) is 15.0 Å². The molecule has 2 aliphatic rings. The zero-order chi connectivity index (χ0) is 25.2. The molecule has 0 bridgehead atoms. The summed E-state index contributed by atoms with van der Waals surface area (Å²) >= 11 is 0. The summed E-state index contributed by atoms with van der Waals surface area (Å²) in [5.74, 6) is 0.147. The molecule has 2 aromatic carbocycles. The molecule has 9 heteroatoms. The van der Waals surface area contributed by atoms with E-state index in [2.05, 4.69) is 5.32 Å². The number of rotatable bonds is 10. The molecule has 190 valence electrons. The summed E-state index contributed by atoms with van der Waals surface area (Å²) in [6, 6.07) is 10.4. The van der Waals surface area contributed by atoms with E-state index in [1.807, 2.05) is 7.05 Å². The number of esters is 1. The lowest BCUT2D eigenvalue weighted by Gasteiger charge is -2.37. The van der Waals surface area contributed by atoms with Crippen LogP contribution in [0.4, 0.5) is 0 Å². The highest BCUT2D eigenvalue weighted by Gasteiger charge is 2.73. The van der Waals surface area contributed by atoms with Gasteiger partial charge in [0.25, 0.3) is 0 Å². The van der Waals surface area contributed by atoms with Crippen LogP contribution >= 0.6 is 0 Å². The van der Waals surface area contributed by atoms with Crippen molar-refractivity contribution >= 4 is 5.97 Å². The average molecular weight is 488 g/mol. The van der Waals surface area contributed by atoms with Gasteiger partial charge in [-0.15, -0.1) is 0 Å². The summed E-state index contributed by atoms with van der Waals surface area (Å²) in [7, 11) is 6.19. The molecular weight excluding hydrogens is 454 g/mol. The second kappa shape index (κ2) is 9.93. The van der Waals surface area contributed by atoms with Crippen molar-refractivity contribution in [2.75, 3.05) is 41.5 Å². The molecule has 4 rings (SSSR count). The Bertz CT molecular complexity index is 1060. The Kier molecular flexibility index (Phi) is 7.12. The minimum absolute atomic E-state index is 0.00170. The van der Waals surface area contributed by atoms with Crippen molar-refractivity contribution in [2.24, 2.45) is 5.92 Å². The predicted octanol–water partition coefficient (Wildman–Crippen LogP) is 2.11. The minimum Gasteiger partial charge on any atom is -0.497 e. The van der Waals surface area contributed by atoms with Crippen LogP contribution in [0.25, 0.3) is 0 Å². The Morgan fingerprint density at radius 2 is 1.86 bits per heavy atom. The van der Waals surface area contributed by atoms with Crippen molar-refractivity contribution in [3.05, 3.63) is 47.5 Å². The molecule has 1 fully saturated rings. The van der Waals surface area contributed by atoms with Gasteiger partial charge in [0.15, 0.2) is 11.2 Å². The number of benzene rings is 2. The van der Waals surface area contributed by atoms with Crippen LogP contribution in [0.1, 0.15) is 30.4 Å². The highest BCUT2D eigenvalue weighted by Crippen LogP contribution is 2.65. The van der Waals surface area contributed by atoms with Crippen LogP contribution in [0.3, 0.4) is 0 Å². The Morgan fingerprint density at radius 3 is 2.49 bits per heavy atom. The van der Waals surface area contributed by atoms with Crippen molar-refractivity contribution < 1.29 is 38.7 Å². The van der Waals surface area contributed by atoms with Gasteiger partial charge in [-0.1, -0.05) is 12.1 Å². The van der Waals surface area contributed by atoms with Crippen molar-refractivity contribution in [3.8, 4) is 23.0 Å². The number of methoxy groups -OCH3 is 3. The molecule has 2 unspecified atom stereocenters. The van der Waals surface area contributed by atoms with Crippen LogP contribution in [0.2, 0.25) is 0 Å². The van der Waals surface area contributed by atoms with E-state index in [4.69, 9.17) is 23.7 Å². The van der Waals surface area contributed by atoms with E-state index in [1.54, 1.807) is 43.5 Å². The fourth-order valence-corrected chi connectivity index (χ4v) is 5.24. The predicted molar refractivity (Wildman–Crippen MR) is 127 cm³/mol. The van der Waals surface area contributed by atoms with E-state index in [0.717, 1.165) is 19.4 Å². The molecule has 3 N–H and O–H groups in total. The highest BCUT2D eigenvalue weighted by atomic mass is 16.5. The number of nitrogens with one attached hydrogen (secondary N) is 1. The second-order valence-electron chi connectivity index (χ2n) is 8.86. The fraction of sp³-hybridized carbons (Fsp3) is 0.500. The molecule has 2 aromatic rings. The quantitative estimate of drug-likeness (QED) is 0.342. The third kappa shape index (κ3) is 3.97. The smallest absolute Gasteiger partial charge is 0.311 e. The van der Waals surface area contributed by atoms with Crippen molar-refractivity contribution in [2.45, 2.75) is 36.6 Å². The first kappa shape index (κ1) is 25.1. The molecule has 0 radical (unpaired) electrons. The number of aliphatic hydroxyl groups is 2. The number of hydrogen-bond acceptors (Lipinski definition) is 9. The highest BCUT2D eigenvalue weighted by molar-refractivity contribution is 5.76. The summed E-state index contributed by atoms with van der Waals surface area (Å²) in [5.41, 5.74) is -2.58. The van der Waals surface area contributed by atoms with Gasteiger partial charge in [-0.3, -0.25) is 4.79 Å². The first-order valence-corrected chi connectivity index (χ1v) is 11.7. The van der Waals surface area contributed by atoms with Crippen LogP contribution in [-0.4, -0.2) is 63.8 Å². The summed E-state index contributed by atoms with van der Waals surface area (Å²) in [4.78, 5) is 12.6. The van der Waals surface area contributed by atoms with Gasteiger partial charge in [-0.25, -0.2) is 0 Å². The van der Waals surface area contributed by atoms with Crippen molar-refractivity contribution in [1.29, 1.82) is 0 Å². The molecule has 1 aliphatic heterocycles. The second-order valence-corrected chi connectivity index (χ2v) is 8.86. The third-order valence-corrected chi connectivity index (χ3v) is 7.01. The summed E-state index contributed by atoms with van der Waals surface area (Å²) in [5, 5.41) is 26.7. The molecule has 1 aliphatic carbocycles. The van der Waals surface area contributed by atoms with Crippen LogP contribution in [0, 0.1) is 5.92 Å². The van der Waals surface area contributed by atoms with Crippen molar-refractivity contribution in [3.63, 3.8) is 0 Å².